The van der Waals surface area contributed by atoms with Crippen LogP contribution in [-0.2, 0) is 0 Å². The van der Waals surface area contributed by atoms with Crippen LogP contribution in [0.25, 0.3) is 11.1 Å². The van der Waals surface area contributed by atoms with Crippen LogP contribution in [0.1, 0.15) is 13.8 Å². The fourth-order valence-electron chi connectivity index (χ4n) is 1.67. The summed E-state index contributed by atoms with van der Waals surface area (Å²) in [5.41, 5.74) is 6.79. The van der Waals surface area contributed by atoms with Crippen LogP contribution < -0.4 is 10.5 Å². The van der Waals surface area contributed by atoms with Crippen LogP contribution in [-0.4, -0.2) is 11.1 Å². The summed E-state index contributed by atoms with van der Waals surface area (Å²) in [6.07, 6.45) is 1.61. The number of nitrogens with zero attached hydrogens (tertiary/aromatic N) is 1. The standard InChI is InChI=1S/C14H14ClFN2O/c1-8(2)19-14-5-9(3-4-18-14)10-6-12(16)13(17)7-11(10)15/h3-8H,17H2,1-2H3. The SMILES string of the molecule is CC(C)Oc1cc(-c2cc(F)c(N)cc2Cl)ccn1. The number of nitrogens with two attached hydrogens (primary N) is 1. The van der Waals surface area contributed by atoms with Crippen molar-refractivity contribution in [3.63, 3.8) is 0 Å². The molecule has 100 valence electrons. The molecule has 5 heteroatoms. The minimum Gasteiger partial charge on any atom is -0.475 e. The molecule has 0 aliphatic rings. The van der Waals surface area contributed by atoms with E-state index in [1.54, 1.807) is 18.3 Å². The van der Waals surface area contributed by atoms with E-state index in [1.165, 1.54) is 12.1 Å². The first-order valence-corrected chi connectivity index (χ1v) is 6.22. The zero-order valence-corrected chi connectivity index (χ0v) is 11.4. The van der Waals surface area contributed by atoms with Crippen LogP contribution >= 0.6 is 11.6 Å². The van der Waals surface area contributed by atoms with Gasteiger partial charge >= 0.3 is 0 Å². The largest absolute Gasteiger partial charge is 0.475 e. The molecule has 1 aromatic carbocycles. The summed E-state index contributed by atoms with van der Waals surface area (Å²) < 4.78 is 19.0. The molecular formula is C14H14ClFN2O. The molecular weight excluding hydrogens is 267 g/mol. The number of anilines is 1. The third-order valence-corrected chi connectivity index (χ3v) is 2.80. The zero-order valence-electron chi connectivity index (χ0n) is 10.7. The Labute approximate surface area is 116 Å². The number of benzene rings is 1. The Morgan fingerprint density at radius 1 is 1.32 bits per heavy atom. The van der Waals surface area contributed by atoms with Crippen molar-refractivity contribution in [2.24, 2.45) is 0 Å². The average molecular weight is 281 g/mol. The molecule has 2 rings (SSSR count). The summed E-state index contributed by atoms with van der Waals surface area (Å²) in [6.45, 7) is 3.81. The molecule has 0 amide bonds. The normalized spacial score (nSPS) is 10.8. The van der Waals surface area contributed by atoms with E-state index in [0.717, 1.165) is 5.56 Å². The van der Waals surface area contributed by atoms with Gasteiger partial charge in [-0.1, -0.05) is 11.6 Å². The maximum atomic E-state index is 13.5. The van der Waals surface area contributed by atoms with Gasteiger partial charge in [0.25, 0.3) is 0 Å². The summed E-state index contributed by atoms with van der Waals surface area (Å²) >= 11 is 6.09. The Morgan fingerprint density at radius 3 is 2.74 bits per heavy atom. The second kappa shape index (κ2) is 5.45. The van der Waals surface area contributed by atoms with Crippen LogP contribution in [0.2, 0.25) is 5.02 Å². The summed E-state index contributed by atoms with van der Waals surface area (Å²) in [7, 11) is 0. The molecule has 2 N–H and O–H groups in total. The van der Waals surface area contributed by atoms with E-state index in [4.69, 9.17) is 22.1 Å². The Hall–Kier alpha value is -1.81. The number of aromatic nitrogens is 1. The van der Waals surface area contributed by atoms with Gasteiger partial charge in [-0.2, -0.15) is 0 Å². The monoisotopic (exact) mass is 280 g/mol. The Balaban J connectivity index is 2.44. The van der Waals surface area contributed by atoms with E-state index < -0.39 is 5.82 Å². The van der Waals surface area contributed by atoms with Crippen LogP contribution in [0.4, 0.5) is 10.1 Å². The quantitative estimate of drug-likeness (QED) is 0.867. The van der Waals surface area contributed by atoms with Crippen LogP contribution in [0.3, 0.4) is 0 Å². The molecule has 0 atom stereocenters. The number of rotatable bonds is 3. The number of ether oxygens (including phenoxy) is 1. The molecule has 0 fully saturated rings. The van der Waals surface area contributed by atoms with Gasteiger partial charge in [0.05, 0.1) is 16.8 Å². The number of hydrogen-bond acceptors (Lipinski definition) is 3. The predicted octanol–water partition coefficient (Wildman–Crippen LogP) is 3.91. The Bertz CT molecular complexity index is 602. The molecule has 0 aliphatic heterocycles. The van der Waals surface area contributed by atoms with Crippen molar-refractivity contribution in [1.82, 2.24) is 4.98 Å². The molecule has 2 aromatic rings. The minimum atomic E-state index is -0.498. The maximum Gasteiger partial charge on any atom is 0.214 e. The fourth-order valence-corrected chi connectivity index (χ4v) is 1.95. The highest BCUT2D eigenvalue weighted by molar-refractivity contribution is 6.33. The predicted molar refractivity (Wildman–Crippen MR) is 74.8 cm³/mol. The molecule has 1 aromatic heterocycles. The minimum absolute atomic E-state index is 0.0152. The second-order valence-corrected chi connectivity index (χ2v) is 4.81. The topological polar surface area (TPSA) is 48.1 Å². The third kappa shape index (κ3) is 3.15. The van der Waals surface area contributed by atoms with Gasteiger partial charge in [0.15, 0.2) is 0 Å². The molecule has 19 heavy (non-hydrogen) atoms. The second-order valence-electron chi connectivity index (χ2n) is 4.40. The summed E-state index contributed by atoms with van der Waals surface area (Å²) in [5.74, 6) is -0.0247. The van der Waals surface area contributed by atoms with Crippen molar-refractivity contribution in [2.45, 2.75) is 20.0 Å². The van der Waals surface area contributed by atoms with E-state index in [0.29, 0.717) is 16.5 Å². The Morgan fingerprint density at radius 2 is 2.05 bits per heavy atom. The van der Waals surface area contributed by atoms with Gasteiger partial charge in [0.1, 0.15) is 5.82 Å². The molecule has 3 nitrogen and oxygen atoms in total. The van der Waals surface area contributed by atoms with Crippen molar-refractivity contribution in [1.29, 1.82) is 0 Å². The van der Waals surface area contributed by atoms with Crippen LogP contribution in [0, 0.1) is 5.82 Å². The molecule has 0 bridgehead atoms. The molecule has 0 spiro atoms. The van der Waals surface area contributed by atoms with Crippen molar-refractivity contribution in [3.05, 3.63) is 41.3 Å². The van der Waals surface area contributed by atoms with Gasteiger partial charge < -0.3 is 10.5 Å². The lowest BCUT2D eigenvalue weighted by molar-refractivity contribution is 0.233. The molecule has 1 heterocycles. The van der Waals surface area contributed by atoms with E-state index in [1.807, 2.05) is 13.8 Å². The van der Waals surface area contributed by atoms with Crippen molar-refractivity contribution < 1.29 is 9.13 Å². The first kappa shape index (κ1) is 13.6. The van der Waals surface area contributed by atoms with E-state index >= 15 is 0 Å². The summed E-state index contributed by atoms with van der Waals surface area (Å²) in [5, 5.41) is 0.389. The highest BCUT2D eigenvalue weighted by Gasteiger charge is 2.10. The van der Waals surface area contributed by atoms with Crippen LogP contribution in [0.15, 0.2) is 30.5 Å². The van der Waals surface area contributed by atoms with Gasteiger partial charge in [-0.25, -0.2) is 9.37 Å². The number of halogens is 2. The fraction of sp³-hybridized carbons (Fsp3) is 0.214. The lowest BCUT2D eigenvalue weighted by Gasteiger charge is -2.11. The van der Waals surface area contributed by atoms with Gasteiger partial charge in [0, 0.05) is 17.8 Å². The summed E-state index contributed by atoms with van der Waals surface area (Å²) in [4.78, 5) is 4.09. The van der Waals surface area contributed by atoms with Gasteiger partial charge in [-0.15, -0.1) is 0 Å². The number of pyridine rings is 1. The first-order chi connectivity index (χ1) is 8.97. The third-order valence-electron chi connectivity index (χ3n) is 2.49. The smallest absolute Gasteiger partial charge is 0.214 e. The lowest BCUT2D eigenvalue weighted by Crippen LogP contribution is -2.06. The summed E-state index contributed by atoms with van der Waals surface area (Å²) in [6, 6.07) is 6.17. The number of hydrogen-bond donors (Lipinski definition) is 1. The van der Waals surface area contributed by atoms with E-state index in [2.05, 4.69) is 4.98 Å². The van der Waals surface area contributed by atoms with Crippen molar-refractivity contribution in [2.75, 3.05) is 5.73 Å². The van der Waals surface area contributed by atoms with Crippen molar-refractivity contribution >= 4 is 17.3 Å². The van der Waals surface area contributed by atoms with Gasteiger partial charge in [0.2, 0.25) is 5.88 Å². The zero-order chi connectivity index (χ0) is 14.0. The highest BCUT2D eigenvalue weighted by Crippen LogP contribution is 2.32. The average Bonchev–Trinajstić information content (AvgIpc) is 2.33. The lowest BCUT2D eigenvalue weighted by atomic mass is 10.1. The Kier molecular flexibility index (Phi) is 3.90. The van der Waals surface area contributed by atoms with E-state index in [9.17, 15) is 4.39 Å². The maximum absolute atomic E-state index is 13.5. The number of nitrogen functional groups attached to an aromatic ring is 1. The molecule has 0 aliphatic carbocycles. The molecule has 0 unspecified atom stereocenters. The molecule has 0 radical (unpaired) electrons. The van der Waals surface area contributed by atoms with Gasteiger partial charge in [-0.05, 0) is 37.6 Å². The molecule has 0 saturated heterocycles. The molecule has 0 saturated carbocycles. The van der Waals surface area contributed by atoms with E-state index in [-0.39, 0.29) is 11.8 Å². The van der Waals surface area contributed by atoms with Gasteiger partial charge in [-0.3, -0.25) is 0 Å². The van der Waals surface area contributed by atoms with Crippen LogP contribution in [0.5, 0.6) is 5.88 Å². The first-order valence-electron chi connectivity index (χ1n) is 5.85. The van der Waals surface area contributed by atoms with Crippen molar-refractivity contribution in [3.8, 4) is 17.0 Å². The highest BCUT2D eigenvalue weighted by atomic mass is 35.5.